The highest BCUT2D eigenvalue weighted by Crippen LogP contribution is 2.38. The standard InChI is InChI=1S/C23H24F6N6O3/c24-22(25,26)13-1-3-15(4-2-13)34-6-5-14(8-34)33-20-17-21(31-10-30-20)35(11-32-17)16-7-12(18(36)19(16)37)9-38-23(27,28)29/h1-4,10-12,14,16,18-19,36-37H,5-9H2,(H,30,31,33). The first-order chi connectivity index (χ1) is 17.9. The predicted octanol–water partition coefficient (Wildman–Crippen LogP) is 3.36. The van der Waals surface area contributed by atoms with Gasteiger partial charge >= 0.3 is 12.5 Å². The van der Waals surface area contributed by atoms with Gasteiger partial charge in [0.05, 0.1) is 30.6 Å². The molecule has 0 spiro atoms. The van der Waals surface area contributed by atoms with Crippen molar-refractivity contribution in [3.63, 3.8) is 0 Å². The van der Waals surface area contributed by atoms with E-state index in [4.69, 9.17) is 0 Å². The van der Waals surface area contributed by atoms with E-state index in [2.05, 4.69) is 25.0 Å². The Morgan fingerprint density at radius 3 is 2.42 bits per heavy atom. The smallest absolute Gasteiger partial charge is 0.390 e. The molecule has 9 nitrogen and oxygen atoms in total. The number of rotatable bonds is 6. The molecule has 2 aromatic heterocycles. The third-order valence-electron chi connectivity index (χ3n) is 7.04. The van der Waals surface area contributed by atoms with Crippen molar-refractivity contribution in [2.24, 2.45) is 5.92 Å². The highest BCUT2D eigenvalue weighted by molar-refractivity contribution is 5.83. The number of fused-ring (bicyclic) bond motifs is 1. The molecule has 3 aromatic rings. The van der Waals surface area contributed by atoms with E-state index < -0.39 is 48.9 Å². The zero-order valence-corrected chi connectivity index (χ0v) is 19.7. The number of alkyl halides is 6. The number of benzene rings is 1. The van der Waals surface area contributed by atoms with Gasteiger partial charge in [-0.1, -0.05) is 0 Å². The van der Waals surface area contributed by atoms with Crippen LogP contribution < -0.4 is 10.2 Å². The minimum atomic E-state index is -4.85. The van der Waals surface area contributed by atoms with Gasteiger partial charge in [0, 0.05) is 30.7 Å². The summed E-state index contributed by atoms with van der Waals surface area (Å²) in [5.74, 6) is -0.541. The molecule has 2 aliphatic rings. The number of aromatic nitrogens is 4. The number of ether oxygens (including phenoxy) is 1. The van der Waals surface area contributed by atoms with Gasteiger partial charge in [-0.2, -0.15) is 13.2 Å². The average Bonchev–Trinajstić information content (AvgIpc) is 3.56. The van der Waals surface area contributed by atoms with E-state index in [0.29, 0.717) is 42.2 Å². The number of aliphatic hydroxyl groups is 2. The minimum Gasteiger partial charge on any atom is -0.390 e. The maximum atomic E-state index is 12.9. The van der Waals surface area contributed by atoms with Crippen LogP contribution in [-0.2, 0) is 10.9 Å². The molecule has 0 amide bonds. The van der Waals surface area contributed by atoms with Crippen LogP contribution in [0.3, 0.4) is 0 Å². The van der Waals surface area contributed by atoms with E-state index in [1.54, 1.807) is 0 Å². The lowest BCUT2D eigenvalue weighted by Gasteiger charge is -2.20. The van der Waals surface area contributed by atoms with E-state index >= 15 is 0 Å². The van der Waals surface area contributed by atoms with Gasteiger partial charge in [-0.3, -0.25) is 4.74 Å². The maximum absolute atomic E-state index is 12.9. The lowest BCUT2D eigenvalue weighted by Crippen LogP contribution is -2.32. The molecule has 1 saturated carbocycles. The third kappa shape index (κ3) is 5.35. The number of halogens is 6. The first-order valence-electron chi connectivity index (χ1n) is 11.8. The summed E-state index contributed by atoms with van der Waals surface area (Å²) in [6, 6.07) is 4.09. The Hall–Kier alpha value is -3.17. The van der Waals surface area contributed by atoms with Crippen molar-refractivity contribution in [3.05, 3.63) is 42.5 Å². The fourth-order valence-electron chi connectivity index (χ4n) is 5.11. The van der Waals surface area contributed by atoms with Gasteiger partial charge in [0.15, 0.2) is 11.5 Å². The Kier molecular flexibility index (Phi) is 6.86. The Labute approximate surface area is 212 Å². The van der Waals surface area contributed by atoms with Crippen molar-refractivity contribution in [1.29, 1.82) is 0 Å². The van der Waals surface area contributed by atoms with Crippen molar-refractivity contribution in [3.8, 4) is 0 Å². The lowest BCUT2D eigenvalue weighted by atomic mass is 10.1. The van der Waals surface area contributed by atoms with E-state index in [0.717, 1.165) is 12.1 Å². The summed E-state index contributed by atoms with van der Waals surface area (Å²) in [4.78, 5) is 14.8. The van der Waals surface area contributed by atoms with E-state index in [9.17, 15) is 36.6 Å². The van der Waals surface area contributed by atoms with Crippen LogP contribution in [0.15, 0.2) is 36.9 Å². The molecule has 1 saturated heterocycles. The summed E-state index contributed by atoms with van der Waals surface area (Å²) in [6.07, 6.45) is -8.65. The molecule has 15 heteroatoms. The molecule has 3 heterocycles. The number of hydrogen-bond donors (Lipinski definition) is 3. The number of hydrogen-bond acceptors (Lipinski definition) is 8. The van der Waals surface area contributed by atoms with Gasteiger partial charge in [-0.05, 0) is 37.1 Å². The van der Waals surface area contributed by atoms with Gasteiger partial charge < -0.3 is 25.0 Å². The second-order valence-corrected chi connectivity index (χ2v) is 9.47. The molecule has 0 radical (unpaired) electrons. The van der Waals surface area contributed by atoms with E-state index in [1.165, 1.54) is 29.4 Å². The summed E-state index contributed by atoms with van der Waals surface area (Å²) >= 11 is 0. The molecule has 0 bridgehead atoms. The Balaban J connectivity index is 1.28. The first-order valence-corrected chi connectivity index (χ1v) is 11.8. The lowest BCUT2D eigenvalue weighted by molar-refractivity contribution is -0.329. The maximum Gasteiger partial charge on any atom is 0.522 e. The second kappa shape index (κ2) is 9.85. The Bertz CT molecular complexity index is 1270. The van der Waals surface area contributed by atoms with Crippen molar-refractivity contribution in [1.82, 2.24) is 19.5 Å². The highest BCUT2D eigenvalue weighted by atomic mass is 19.4. The number of anilines is 2. The number of nitrogens with one attached hydrogen (secondary N) is 1. The van der Waals surface area contributed by atoms with Crippen LogP contribution in [0.1, 0.15) is 24.4 Å². The van der Waals surface area contributed by atoms with Crippen LogP contribution in [0, 0.1) is 5.92 Å². The van der Waals surface area contributed by atoms with Gasteiger partial charge in [-0.15, -0.1) is 13.2 Å². The van der Waals surface area contributed by atoms with Crippen molar-refractivity contribution >= 4 is 22.7 Å². The predicted molar refractivity (Wildman–Crippen MR) is 122 cm³/mol. The molecule has 3 N–H and O–H groups in total. The van der Waals surface area contributed by atoms with Gasteiger partial charge in [0.1, 0.15) is 17.9 Å². The zero-order chi connectivity index (χ0) is 27.2. The summed E-state index contributed by atoms with van der Waals surface area (Å²) in [5.41, 5.74) is 0.649. The van der Waals surface area contributed by atoms with Crippen LogP contribution in [-0.4, -0.2) is 74.0 Å². The van der Waals surface area contributed by atoms with Crippen LogP contribution in [0.4, 0.5) is 37.8 Å². The van der Waals surface area contributed by atoms with Crippen LogP contribution in [0.2, 0.25) is 0 Å². The van der Waals surface area contributed by atoms with Crippen LogP contribution in [0.5, 0.6) is 0 Å². The third-order valence-corrected chi connectivity index (χ3v) is 7.04. The van der Waals surface area contributed by atoms with E-state index in [1.807, 2.05) is 4.90 Å². The number of nitrogens with zero attached hydrogens (tertiary/aromatic N) is 5. The molecule has 38 heavy (non-hydrogen) atoms. The topological polar surface area (TPSA) is 109 Å². The number of imidazole rings is 1. The SMILES string of the molecule is OC1C(COC(F)(F)F)CC(n2cnc3c(NC4CCN(c5ccc(C(F)(F)F)cc5)C4)ncnc32)C1O. The molecule has 5 rings (SSSR count). The Morgan fingerprint density at radius 2 is 1.74 bits per heavy atom. The average molecular weight is 546 g/mol. The molecule has 1 aliphatic carbocycles. The van der Waals surface area contributed by atoms with Crippen molar-refractivity contribution in [2.75, 3.05) is 29.9 Å². The molecule has 5 unspecified atom stereocenters. The molecule has 1 aromatic carbocycles. The molecule has 1 aliphatic heterocycles. The molecular weight excluding hydrogens is 522 g/mol. The van der Waals surface area contributed by atoms with Crippen LogP contribution >= 0.6 is 0 Å². The fourth-order valence-corrected chi connectivity index (χ4v) is 5.11. The quantitative estimate of drug-likeness (QED) is 0.404. The second-order valence-electron chi connectivity index (χ2n) is 9.47. The summed E-state index contributed by atoms with van der Waals surface area (Å²) in [6.45, 7) is 0.328. The van der Waals surface area contributed by atoms with Crippen LogP contribution in [0.25, 0.3) is 11.2 Å². The fraction of sp³-hybridized carbons (Fsp3) is 0.522. The van der Waals surface area contributed by atoms with Crippen molar-refractivity contribution in [2.45, 2.75) is 49.7 Å². The summed E-state index contributed by atoms with van der Waals surface area (Å²) in [7, 11) is 0. The molecule has 2 fully saturated rings. The van der Waals surface area contributed by atoms with Gasteiger partial charge in [0.25, 0.3) is 0 Å². The Morgan fingerprint density at radius 1 is 1.00 bits per heavy atom. The normalized spacial score (nSPS) is 26.4. The zero-order valence-electron chi connectivity index (χ0n) is 19.7. The molecule has 206 valence electrons. The first kappa shape index (κ1) is 26.4. The van der Waals surface area contributed by atoms with Gasteiger partial charge in [-0.25, -0.2) is 15.0 Å². The molecular formula is C23H24F6N6O3. The largest absolute Gasteiger partial charge is 0.522 e. The summed E-state index contributed by atoms with van der Waals surface area (Å²) in [5, 5.41) is 24.1. The van der Waals surface area contributed by atoms with E-state index in [-0.39, 0.29) is 12.5 Å². The van der Waals surface area contributed by atoms with Crippen molar-refractivity contribution < 1.29 is 41.3 Å². The highest BCUT2D eigenvalue weighted by Gasteiger charge is 2.45. The molecule has 5 atom stereocenters. The van der Waals surface area contributed by atoms with Gasteiger partial charge in [0.2, 0.25) is 0 Å². The monoisotopic (exact) mass is 546 g/mol. The number of aliphatic hydroxyl groups excluding tert-OH is 2. The summed E-state index contributed by atoms with van der Waals surface area (Å²) < 4.78 is 81.3. The minimum absolute atomic E-state index is 0.0152.